The van der Waals surface area contributed by atoms with Gasteiger partial charge in [0.1, 0.15) is 6.61 Å². The molecule has 0 saturated carbocycles. The van der Waals surface area contributed by atoms with Gasteiger partial charge in [-0.05, 0) is 6.92 Å². The maximum absolute atomic E-state index is 10.8. The minimum atomic E-state index is 0.122. The van der Waals surface area contributed by atoms with Crippen molar-refractivity contribution in [2.75, 3.05) is 26.3 Å². The molecule has 0 radical (unpaired) electrons. The van der Waals surface area contributed by atoms with Gasteiger partial charge in [-0.15, -0.1) is 0 Å². The Morgan fingerprint density at radius 3 is 2.78 bits per heavy atom. The number of hydrogen-bond donors (Lipinski definition) is 0. The lowest BCUT2D eigenvalue weighted by molar-refractivity contribution is -0.130. The van der Waals surface area contributed by atoms with Gasteiger partial charge in [0.25, 0.3) is 0 Å². The third kappa shape index (κ3) is 2.01. The summed E-state index contributed by atoms with van der Waals surface area (Å²) in [5, 5.41) is 0. The smallest absolute Gasteiger partial charge is 0.248 e. The second kappa shape index (κ2) is 2.82. The van der Waals surface area contributed by atoms with Crippen molar-refractivity contribution in [3.05, 3.63) is 0 Å². The van der Waals surface area contributed by atoms with Gasteiger partial charge in [0.15, 0.2) is 0 Å². The number of nitrogens with zero attached hydrogens (tertiary/aromatic N) is 1. The summed E-state index contributed by atoms with van der Waals surface area (Å²) in [6.45, 7) is 4.61. The highest BCUT2D eigenvalue weighted by atomic mass is 16.5. The van der Waals surface area contributed by atoms with Crippen LogP contribution in [0.25, 0.3) is 0 Å². The fourth-order valence-corrected chi connectivity index (χ4v) is 0.580. The summed E-state index contributed by atoms with van der Waals surface area (Å²) in [6.07, 6.45) is 0. The number of rotatable bonds is 3. The normalized spacial score (nSPS) is 15.9. The average Bonchev–Trinajstić information content (AvgIpc) is 2.63. The van der Waals surface area contributed by atoms with E-state index in [-0.39, 0.29) is 12.5 Å². The van der Waals surface area contributed by atoms with Crippen LogP contribution in [0, 0.1) is 0 Å². The predicted molar refractivity (Wildman–Crippen MR) is 33.1 cm³/mol. The van der Waals surface area contributed by atoms with Crippen LogP contribution < -0.4 is 0 Å². The third-order valence-corrected chi connectivity index (χ3v) is 1.23. The largest absolute Gasteiger partial charge is 0.372 e. The monoisotopic (exact) mass is 129 g/mol. The zero-order chi connectivity index (χ0) is 6.69. The molecule has 1 rings (SSSR count). The minimum absolute atomic E-state index is 0.122. The van der Waals surface area contributed by atoms with Crippen molar-refractivity contribution >= 4 is 5.91 Å². The Morgan fingerprint density at radius 1 is 1.67 bits per heavy atom. The molecule has 0 aromatic rings. The third-order valence-electron chi connectivity index (χ3n) is 1.23. The first kappa shape index (κ1) is 6.55. The standard InChI is InChI=1S/C6H11NO2/c1-2-9-5-6(8)7-3-4-7/h2-5H2,1H3. The van der Waals surface area contributed by atoms with Gasteiger partial charge in [0.2, 0.25) is 5.91 Å². The fraction of sp³-hybridized carbons (Fsp3) is 0.833. The van der Waals surface area contributed by atoms with Crippen LogP contribution in [0.5, 0.6) is 0 Å². The lowest BCUT2D eigenvalue weighted by Crippen LogP contribution is -2.17. The second-order valence-corrected chi connectivity index (χ2v) is 2.02. The molecule has 1 saturated heterocycles. The highest BCUT2D eigenvalue weighted by Crippen LogP contribution is 2.02. The lowest BCUT2D eigenvalue weighted by atomic mass is 10.6. The van der Waals surface area contributed by atoms with Crippen molar-refractivity contribution in [2.45, 2.75) is 6.92 Å². The summed E-state index contributed by atoms with van der Waals surface area (Å²) < 4.78 is 4.91. The van der Waals surface area contributed by atoms with E-state index in [9.17, 15) is 4.79 Å². The molecule has 9 heavy (non-hydrogen) atoms. The molecule has 0 bridgehead atoms. The van der Waals surface area contributed by atoms with E-state index in [2.05, 4.69) is 0 Å². The van der Waals surface area contributed by atoms with E-state index in [0.29, 0.717) is 6.61 Å². The molecule has 1 fully saturated rings. The molecule has 1 heterocycles. The maximum Gasteiger partial charge on any atom is 0.248 e. The molecule has 52 valence electrons. The summed E-state index contributed by atoms with van der Waals surface area (Å²) in [6, 6.07) is 0. The van der Waals surface area contributed by atoms with Gasteiger partial charge in [-0.3, -0.25) is 4.79 Å². The van der Waals surface area contributed by atoms with E-state index < -0.39 is 0 Å². The molecule has 0 aromatic heterocycles. The first-order valence-corrected chi connectivity index (χ1v) is 3.20. The van der Waals surface area contributed by atoms with E-state index in [4.69, 9.17) is 4.74 Å². The Balaban J connectivity index is 2.03. The second-order valence-electron chi connectivity index (χ2n) is 2.02. The van der Waals surface area contributed by atoms with Crippen molar-refractivity contribution in [3.8, 4) is 0 Å². The van der Waals surface area contributed by atoms with E-state index in [1.807, 2.05) is 6.92 Å². The van der Waals surface area contributed by atoms with Crippen molar-refractivity contribution in [3.63, 3.8) is 0 Å². The number of amides is 1. The van der Waals surface area contributed by atoms with E-state index in [1.165, 1.54) is 0 Å². The van der Waals surface area contributed by atoms with Crippen LogP contribution in [-0.4, -0.2) is 37.1 Å². The van der Waals surface area contributed by atoms with Gasteiger partial charge in [-0.1, -0.05) is 0 Å². The molecule has 0 aliphatic carbocycles. The van der Waals surface area contributed by atoms with Gasteiger partial charge >= 0.3 is 0 Å². The Kier molecular flexibility index (Phi) is 2.05. The van der Waals surface area contributed by atoms with Crippen molar-refractivity contribution in [2.24, 2.45) is 0 Å². The van der Waals surface area contributed by atoms with Crippen LogP contribution in [0.4, 0.5) is 0 Å². The van der Waals surface area contributed by atoms with Gasteiger partial charge < -0.3 is 9.64 Å². The van der Waals surface area contributed by atoms with Crippen LogP contribution in [-0.2, 0) is 9.53 Å². The molecule has 1 amide bonds. The van der Waals surface area contributed by atoms with Crippen molar-refractivity contribution in [1.82, 2.24) is 4.90 Å². The number of carbonyl (C=O) groups excluding carboxylic acids is 1. The molecule has 1 aliphatic heterocycles. The Morgan fingerprint density at radius 2 is 2.33 bits per heavy atom. The predicted octanol–water partition coefficient (Wildman–Crippen LogP) is -0.135. The van der Waals surface area contributed by atoms with E-state index in [0.717, 1.165) is 13.1 Å². The number of hydrogen-bond acceptors (Lipinski definition) is 2. The van der Waals surface area contributed by atoms with Crippen LogP contribution >= 0.6 is 0 Å². The molecular formula is C6H11NO2. The van der Waals surface area contributed by atoms with E-state index >= 15 is 0 Å². The molecule has 0 unspecified atom stereocenters. The van der Waals surface area contributed by atoms with Crippen LogP contribution in [0.15, 0.2) is 0 Å². The fourth-order valence-electron chi connectivity index (χ4n) is 0.580. The molecule has 3 nitrogen and oxygen atoms in total. The highest BCUT2D eigenvalue weighted by Gasteiger charge is 2.23. The zero-order valence-corrected chi connectivity index (χ0v) is 5.59. The summed E-state index contributed by atoms with van der Waals surface area (Å²) in [7, 11) is 0. The lowest BCUT2D eigenvalue weighted by Gasteiger charge is -1.99. The topological polar surface area (TPSA) is 29.3 Å². The Bertz CT molecular complexity index is 110. The van der Waals surface area contributed by atoms with Crippen LogP contribution in [0.3, 0.4) is 0 Å². The summed E-state index contributed by atoms with van der Waals surface area (Å²) >= 11 is 0. The molecule has 1 aliphatic rings. The molecule has 3 heteroatoms. The highest BCUT2D eigenvalue weighted by molar-refractivity contribution is 5.79. The quantitative estimate of drug-likeness (QED) is 0.496. The minimum Gasteiger partial charge on any atom is -0.372 e. The number of carbonyl (C=O) groups is 1. The summed E-state index contributed by atoms with van der Waals surface area (Å²) in [4.78, 5) is 12.5. The van der Waals surface area contributed by atoms with Crippen molar-refractivity contribution < 1.29 is 9.53 Å². The molecule has 0 spiro atoms. The van der Waals surface area contributed by atoms with E-state index in [1.54, 1.807) is 4.90 Å². The number of ether oxygens (including phenoxy) is 1. The first-order chi connectivity index (χ1) is 4.34. The van der Waals surface area contributed by atoms with Crippen molar-refractivity contribution in [1.29, 1.82) is 0 Å². The van der Waals surface area contributed by atoms with Crippen LogP contribution in [0.1, 0.15) is 6.92 Å². The zero-order valence-electron chi connectivity index (χ0n) is 5.59. The Labute approximate surface area is 54.6 Å². The van der Waals surface area contributed by atoms with Gasteiger partial charge in [0, 0.05) is 19.7 Å². The molecule has 0 atom stereocenters. The SMILES string of the molecule is CCOCC(=O)N1CC1. The molecule has 0 N–H and O–H groups in total. The van der Waals surface area contributed by atoms with Crippen LogP contribution in [0.2, 0.25) is 0 Å². The maximum atomic E-state index is 10.8. The summed E-state index contributed by atoms with van der Waals surface area (Å²) in [5.74, 6) is 0.122. The summed E-state index contributed by atoms with van der Waals surface area (Å²) in [5.41, 5.74) is 0. The van der Waals surface area contributed by atoms with Gasteiger partial charge in [-0.25, -0.2) is 0 Å². The molecular weight excluding hydrogens is 118 g/mol. The first-order valence-electron chi connectivity index (χ1n) is 3.20. The Hall–Kier alpha value is -0.570. The van der Waals surface area contributed by atoms with Gasteiger partial charge in [0.05, 0.1) is 0 Å². The average molecular weight is 129 g/mol. The van der Waals surface area contributed by atoms with Gasteiger partial charge in [-0.2, -0.15) is 0 Å². The molecule has 0 aromatic carbocycles.